The van der Waals surface area contributed by atoms with E-state index in [1.54, 1.807) is 0 Å². The van der Waals surface area contributed by atoms with Gasteiger partial charge in [-0.15, -0.1) is 0 Å². The van der Waals surface area contributed by atoms with E-state index in [9.17, 15) is 14.4 Å². The van der Waals surface area contributed by atoms with Gasteiger partial charge in [0.2, 0.25) is 5.91 Å². The van der Waals surface area contributed by atoms with E-state index in [1.165, 1.54) is 0 Å². The number of unbranched alkanes of at least 4 members (excludes halogenated alkanes) is 1. The van der Waals surface area contributed by atoms with Crippen LogP contribution in [0.25, 0.3) is 0 Å². The summed E-state index contributed by atoms with van der Waals surface area (Å²) < 4.78 is 0. The van der Waals surface area contributed by atoms with Crippen molar-refractivity contribution in [2.75, 3.05) is 5.75 Å². The predicted octanol–water partition coefficient (Wildman–Crippen LogP) is 1.60. The maximum Gasteiger partial charge on any atom is 0.326 e. The van der Waals surface area contributed by atoms with Gasteiger partial charge in [-0.25, -0.2) is 4.79 Å². The summed E-state index contributed by atoms with van der Waals surface area (Å²) in [6.07, 6.45) is 3.12. The average Bonchev–Trinajstić information content (AvgIpc) is 2.39. The smallest absolute Gasteiger partial charge is 0.326 e. The molecule has 0 radical (unpaired) electrons. The Balaban J connectivity index is 3.93. The van der Waals surface area contributed by atoms with Crippen molar-refractivity contribution in [3.63, 3.8) is 0 Å². The molecular formula is C13H23NO5S2. The molecule has 0 aromatic rings. The van der Waals surface area contributed by atoms with E-state index in [2.05, 4.69) is 30.6 Å². The first-order valence-electron chi connectivity index (χ1n) is 6.89. The van der Waals surface area contributed by atoms with Gasteiger partial charge in [0, 0.05) is 18.1 Å². The SMILES string of the molecule is O=C(O)CC[C@H](NC(=O)CCCCC(S)CCS)C(=O)O. The lowest BCUT2D eigenvalue weighted by Crippen LogP contribution is -2.41. The Morgan fingerprint density at radius 2 is 1.67 bits per heavy atom. The molecule has 0 rings (SSSR count). The lowest BCUT2D eigenvalue weighted by molar-refractivity contribution is -0.143. The Hall–Kier alpha value is -0.890. The Bertz CT molecular complexity index is 351. The summed E-state index contributed by atoms with van der Waals surface area (Å²) in [5, 5.41) is 20.1. The van der Waals surface area contributed by atoms with Gasteiger partial charge in [-0.1, -0.05) is 6.42 Å². The molecule has 8 heteroatoms. The van der Waals surface area contributed by atoms with Gasteiger partial charge in [0.25, 0.3) is 0 Å². The third-order valence-corrected chi connectivity index (χ3v) is 3.71. The maximum atomic E-state index is 11.6. The molecule has 1 unspecified atom stereocenters. The fourth-order valence-corrected chi connectivity index (χ4v) is 2.58. The number of carboxylic acids is 2. The molecular weight excluding hydrogens is 314 g/mol. The third kappa shape index (κ3) is 11.4. The van der Waals surface area contributed by atoms with Crippen LogP contribution in [-0.4, -0.2) is 45.1 Å². The molecule has 0 aliphatic carbocycles. The van der Waals surface area contributed by atoms with Crippen LogP contribution in [0.15, 0.2) is 0 Å². The molecule has 0 spiro atoms. The van der Waals surface area contributed by atoms with Crippen molar-refractivity contribution in [3.8, 4) is 0 Å². The summed E-state index contributed by atoms with van der Waals surface area (Å²) in [4.78, 5) is 33.0. The summed E-state index contributed by atoms with van der Waals surface area (Å²) in [7, 11) is 0. The molecule has 0 aromatic heterocycles. The Morgan fingerprint density at radius 1 is 1.00 bits per heavy atom. The van der Waals surface area contributed by atoms with E-state index in [0.29, 0.717) is 6.42 Å². The number of hydrogen-bond acceptors (Lipinski definition) is 5. The van der Waals surface area contributed by atoms with Gasteiger partial charge in [0.15, 0.2) is 0 Å². The van der Waals surface area contributed by atoms with E-state index < -0.39 is 18.0 Å². The number of thiol groups is 2. The van der Waals surface area contributed by atoms with Gasteiger partial charge in [0.05, 0.1) is 0 Å². The zero-order valence-corrected chi connectivity index (χ0v) is 13.6. The normalized spacial score (nSPS) is 13.4. The van der Waals surface area contributed by atoms with Crippen LogP contribution in [0.2, 0.25) is 0 Å². The minimum Gasteiger partial charge on any atom is -0.481 e. The van der Waals surface area contributed by atoms with Gasteiger partial charge in [-0.05, 0) is 31.4 Å². The minimum absolute atomic E-state index is 0.114. The summed E-state index contributed by atoms with van der Waals surface area (Å²) in [5.74, 6) is -1.88. The van der Waals surface area contributed by atoms with Crippen molar-refractivity contribution in [2.24, 2.45) is 0 Å². The third-order valence-electron chi connectivity index (χ3n) is 2.93. The van der Waals surface area contributed by atoms with Crippen LogP contribution >= 0.6 is 25.3 Å². The van der Waals surface area contributed by atoms with Crippen molar-refractivity contribution in [1.29, 1.82) is 0 Å². The highest BCUT2D eigenvalue weighted by molar-refractivity contribution is 7.81. The number of hydrogen-bond donors (Lipinski definition) is 5. The minimum atomic E-state index is -1.21. The van der Waals surface area contributed by atoms with E-state index >= 15 is 0 Å². The topological polar surface area (TPSA) is 104 Å². The molecule has 3 N–H and O–H groups in total. The van der Waals surface area contributed by atoms with Gasteiger partial charge >= 0.3 is 11.9 Å². The second-order valence-corrected chi connectivity index (χ2v) is 5.98. The van der Waals surface area contributed by atoms with Crippen molar-refractivity contribution in [1.82, 2.24) is 5.32 Å². The molecule has 0 saturated heterocycles. The van der Waals surface area contributed by atoms with Crippen LogP contribution in [0.4, 0.5) is 0 Å². The molecule has 0 aliphatic rings. The van der Waals surface area contributed by atoms with Crippen LogP contribution in [0, 0.1) is 0 Å². The second-order valence-electron chi connectivity index (χ2n) is 4.80. The largest absolute Gasteiger partial charge is 0.481 e. The molecule has 0 saturated carbocycles. The van der Waals surface area contributed by atoms with Gasteiger partial charge in [-0.2, -0.15) is 25.3 Å². The van der Waals surface area contributed by atoms with Crippen LogP contribution in [0.5, 0.6) is 0 Å². The molecule has 2 atom stereocenters. The summed E-state index contributed by atoms with van der Waals surface area (Å²) >= 11 is 8.50. The predicted molar refractivity (Wildman–Crippen MR) is 86.1 cm³/mol. The lowest BCUT2D eigenvalue weighted by atomic mass is 10.1. The molecule has 6 nitrogen and oxygen atoms in total. The van der Waals surface area contributed by atoms with E-state index in [-0.39, 0.29) is 30.4 Å². The number of amides is 1. The van der Waals surface area contributed by atoms with Gasteiger partial charge < -0.3 is 15.5 Å². The van der Waals surface area contributed by atoms with Crippen molar-refractivity contribution < 1.29 is 24.6 Å². The molecule has 0 aromatic carbocycles. The Morgan fingerprint density at radius 3 is 2.19 bits per heavy atom. The monoisotopic (exact) mass is 337 g/mol. The van der Waals surface area contributed by atoms with Crippen LogP contribution in [0.1, 0.15) is 44.9 Å². The number of rotatable bonds is 12. The van der Waals surface area contributed by atoms with E-state index in [0.717, 1.165) is 25.0 Å². The number of carbonyl (C=O) groups excluding carboxylic acids is 1. The van der Waals surface area contributed by atoms with Gasteiger partial charge in [-0.3, -0.25) is 9.59 Å². The van der Waals surface area contributed by atoms with Gasteiger partial charge in [0.1, 0.15) is 6.04 Å². The zero-order chi connectivity index (χ0) is 16.3. The van der Waals surface area contributed by atoms with Crippen molar-refractivity contribution in [2.45, 2.75) is 56.2 Å². The highest BCUT2D eigenvalue weighted by atomic mass is 32.1. The highest BCUT2D eigenvalue weighted by Crippen LogP contribution is 2.12. The highest BCUT2D eigenvalue weighted by Gasteiger charge is 2.20. The Labute approximate surface area is 135 Å². The van der Waals surface area contributed by atoms with E-state index in [4.69, 9.17) is 10.2 Å². The zero-order valence-electron chi connectivity index (χ0n) is 11.8. The fraction of sp³-hybridized carbons (Fsp3) is 0.769. The van der Waals surface area contributed by atoms with Crippen LogP contribution in [-0.2, 0) is 14.4 Å². The molecule has 21 heavy (non-hydrogen) atoms. The Kier molecular flexibility index (Phi) is 11.2. The molecule has 1 amide bonds. The number of carboxylic acid groups (broad SMARTS) is 2. The average molecular weight is 337 g/mol. The first-order valence-corrected chi connectivity index (χ1v) is 8.04. The fourth-order valence-electron chi connectivity index (χ4n) is 1.75. The van der Waals surface area contributed by atoms with Crippen LogP contribution in [0.3, 0.4) is 0 Å². The lowest BCUT2D eigenvalue weighted by Gasteiger charge is -2.13. The molecule has 0 heterocycles. The summed E-state index contributed by atoms with van der Waals surface area (Å²) in [6.45, 7) is 0. The van der Waals surface area contributed by atoms with E-state index in [1.807, 2.05) is 0 Å². The first-order chi connectivity index (χ1) is 9.86. The quantitative estimate of drug-likeness (QED) is 0.275. The summed E-state index contributed by atoms with van der Waals surface area (Å²) in [5.41, 5.74) is 0. The number of nitrogens with one attached hydrogen (secondary N) is 1. The number of carbonyl (C=O) groups is 3. The van der Waals surface area contributed by atoms with Crippen LogP contribution < -0.4 is 5.32 Å². The summed E-state index contributed by atoms with van der Waals surface area (Å²) in [6, 6.07) is -1.14. The first kappa shape index (κ1) is 20.1. The molecule has 122 valence electrons. The molecule has 0 fully saturated rings. The second kappa shape index (κ2) is 11.7. The molecule has 0 aliphatic heterocycles. The number of aliphatic carboxylic acids is 2. The molecule has 0 bridgehead atoms. The maximum absolute atomic E-state index is 11.6. The van der Waals surface area contributed by atoms with Crippen molar-refractivity contribution in [3.05, 3.63) is 0 Å². The standard InChI is InChI=1S/C13H23NO5S2/c15-11(4-2-1-3-9(21)7-8-20)14-10(13(18)19)5-6-12(16)17/h9-10,20-21H,1-8H2,(H,14,15)(H,16,17)(H,18,19)/t9?,10-/m0/s1. The van der Waals surface area contributed by atoms with Crippen molar-refractivity contribution >= 4 is 43.1 Å².